The Morgan fingerprint density at radius 3 is 2.59 bits per heavy atom. The van der Waals surface area contributed by atoms with E-state index in [1.54, 1.807) is 48.5 Å². The predicted molar refractivity (Wildman–Crippen MR) is 139 cm³/mol. The number of hydrogen-bond donors (Lipinski definition) is 1. The zero-order valence-electron chi connectivity index (χ0n) is 19.9. The third kappa shape index (κ3) is 4.87. The van der Waals surface area contributed by atoms with Crippen LogP contribution in [0, 0.1) is 10.1 Å². The average molecular weight is 501 g/mol. The van der Waals surface area contributed by atoms with Crippen molar-refractivity contribution in [1.82, 2.24) is 0 Å². The number of hydrogen-bond acceptors (Lipinski definition) is 8. The predicted octanol–water partition coefficient (Wildman–Crippen LogP) is 4.47. The van der Waals surface area contributed by atoms with E-state index >= 15 is 0 Å². The van der Waals surface area contributed by atoms with Crippen molar-refractivity contribution in [3.05, 3.63) is 92.8 Å². The topological polar surface area (TPSA) is 124 Å². The highest BCUT2D eigenvalue weighted by molar-refractivity contribution is 6.06. The number of para-hydroxylation sites is 1. The first kappa shape index (κ1) is 24.0. The Morgan fingerprint density at radius 2 is 1.84 bits per heavy atom. The lowest BCUT2D eigenvalue weighted by Crippen LogP contribution is -2.36. The molecule has 188 valence electrons. The van der Waals surface area contributed by atoms with Crippen LogP contribution in [0.15, 0.2) is 75.9 Å². The van der Waals surface area contributed by atoms with Crippen molar-refractivity contribution in [1.29, 1.82) is 0 Å². The number of nitro groups is 1. The van der Waals surface area contributed by atoms with E-state index < -0.39 is 16.5 Å². The summed E-state index contributed by atoms with van der Waals surface area (Å²) in [5, 5.41) is 15.3. The molecule has 1 aliphatic heterocycles. The molecule has 2 heterocycles. The zero-order chi connectivity index (χ0) is 25.9. The van der Waals surface area contributed by atoms with Gasteiger partial charge in [-0.25, -0.2) is 4.79 Å². The number of nitrogens with zero attached hydrogens (tertiary/aromatic N) is 2. The third-order valence-corrected chi connectivity index (χ3v) is 6.19. The van der Waals surface area contributed by atoms with Crippen LogP contribution in [0.25, 0.3) is 22.1 Å². The van der Waals surface area contributed by atoms with Crippen molar-refractivity contribution >= 4 is 33.9 Å². The van der Waals surface area contributed by atoms with Gasteiger partial charge in [0, 0.05) is 30.1 Å². The van der Waals surface area contributed by atoms with Crippen LogP contribution in [-0.4, -0.2) is 44.2 Å². The van der Waals surface area contributed by atoms with Crippen LogP contribution in [-0.2, 0) is 4.74 Å². The molecule has 0 saturated carbocycles. The van der Waals surface area contributed by atoms with E-state index in [0.717, 1.165) is 5.39 Å². The quantitative estimate of drug-likeness (QED) is 0.233. The largest absolute Gasteiger partial charge is 0.495 e. The second kappa shape index (κ2) is 10.1. The molecule has 0 bridgehead atoms. The summed E-state index contributed by atoms with van der Waals surface area (Å²) in [5.41, 5.74) is 1.48. The minimum absolute atomic E-state index is 0.112. The van der Waals surface area contributed by atoms with Gasteiger partial charge in [0.25, 0.3) is 11.6 Å². The molecule has 1 saturated heterocycles. The SMILES string of the molecule is COc1ccc(-c2cc3ccccc3oc2=O)cc1NC(=O)c1ccc(N2CCOCC2)c([N+](=O)[O-])c1. The van der Waals surface area contributed by atoms with Gasteiger partial charge in [-0.2, -0.15) is 0 Å². The Bertz CT molecular complexity index is 1560. The number of rotatable bonds is 6. The Morgan fingerprint density at radius 1 is 1.05 bits per heavy atom. The Balaban J connectivity index is 1.47. The Kier molecular flexibility index (Phi) is 6.57. The van der Waals surface area contributed by atoms with Gasteiger partial charge in [-0.1, -0.05) is 24.3 Å². The highest BCUT2D eigenvalue weighted by Crippen LogP contribution is 2.33. The molecular weight excluding hydrogens is 478 g/mol. The summed E-state index contributed by atoms with van der Waals surface area (Å²) in [4.78, 5) is 38.9. The maximum atomic E-state index is 13.1. The molecule has 4 aromatic rings. The summed E-state index contributed by atoms with van der Waals surface area (Å²) < 4.78 is 16.2. The van der Waals surface area contributed by atoms with Crippen LogP contribution < -0.4 is 20.6 Å². The number of morpholine rings is 1. The minimum atomic E-state index is -0.558. The molecule has 10 nitrogen and oxygen atoms in total. The van der Waals surface area contributed by atoms with Crippen LogP contribution in [0.4, 0.5) is 17.1 Å². The number of amides is 1. The number of anilines is 2. The molecule has 1 aromatic heterocycles. The van der Waals surface area contributed by atoms with Crippen molar-refractivity contribution in [2.75, 3.05) is 43.6 Å². The zero-order valence-corrected chi connectivity index (χ0v) is 19.9. The van der Waals surface area contributed by atoms with E-state index in [4.69, 9.17) is 13.9 Å². The van der Waals surface area contributed by atoms with Crippen LogP contribution in [0.5, 0.6) is 5.75 Å². The van der Waals surface area contributed by atoms with Gasteiger partial charge >= 0.3 is 5.63 Å². The van der Waals surface area contributed by atoms with Gasteiger partial charge in [0.15, 0.2) is 0 Å². The van der Waals surface area contributed by atoms with E-state index in [1.165, 1.54) is 13.2 Å². The van der Waals surface area contributed by atoms with E-state index in [1.807, 2.05) is 17.0 Å². The third-order valence-electron chi connectivity index (χ3n) is 6.19. The molecule has 5 rings (SSSR count). The van der Waals surface area contributed by atoms with Gasteiger partial charge in [0.05, 0.1) is 36.5 Å². The number of ether oxygens (including phenoxy) is 2. The minimum Gasteiger partial charge on any atom is -0.495 e. The maximum absolute atomic E-state index is 13.1. The van der Waals surface area contributed by atoms with Gasteiger partial charge in [0.2, 0.25) is 0 Å². The summed E-state index contributed by atoms with van der Waals surface area (Å²) in [5.74, 6) is -0.195. The smallest absolute Gasteiger partial charge is 0.344 e. The number of nitro benzene ring substituents is 1. The fourth-order valence-corrected chi connectivity index (χ4v) is 4.31. The van der Waals surface area contributed by atoms with Gasteiger partial charge in [0.1, 0.15) is 17.0 Å². The number of carbonyl (C=O) groups is 1. The molecule has 0 atom stereocenters. The Labute approximate surface area is 211 Å². The van der Waals surface area contributed by atoms with Crippen molar-refractivity contribution in [3.63, 3.8) is 0 Å². The number of nitrogens with one attached hydrogen (secondary N) is 1. The summed E-state index contributed by atoms with van der Waals surface area (Å²) in [7, 11) is 1.46. The molecule has 1 amide bonds. The summed E-state index contributed by atoms with van der Waals surface area (Å²) in [6, 6.07) is 18.2. The second-order valence-corrected chi connectivity index (χ2v) is 8.41. The standard InChI is InChI=1S/C27H23N3O7/c1-35-25-9-7-17(20-14-18-4-2-3-5-24(18)37-27(20)32)15-21(25)28-26(31)19-6-8-22(23(16-19)30(33)34)29-10-12-36-13-11-29/h2-9,14-16H,10-13H2,1H3,(H,28,31). The molecular formula is C27H23N3O7. The molecule has 1 fully saturated rings. The van der Waals surface area contributed by atoms with Crippen molar-refractivity contribution in [2.45, 2.75) is 0 Å². The first-order chi connectivity index (χ1) is 17.9. The highest BCUT2D eigenvalue weighted by atomic mass is 16.6. The lowest BCUT2D eigenvalue weighted by atomic mass is 10.0. The number of fused-ring (bicyclic) bond motifs is 1. The van der Waals surface area contributed by atoms with Gasteiger partial charge in [-0.3, -0.25) is 14.9 Å². The van der Waals surface area contributed by atoms with Crippen LogP contribution >= 0.6 is 0 Å². The average Bonchev–Trinajstić information content (AvgIpc) is 2.92. The summed E-state index contributed by atoms with van der Waals surface area (Å²) in [6.07, 6.45) is 0. The first-order valence-corrected chi connectivity index (χ1v) is 11.6. The number of methoxy groups -OCH3 is 1. The van der Waals surface area contributed by atoms with Gasteiger partial charge in [-0.05, 0) is 42.0 Å². The normalized spacial score (nSPS) is 13.4. The Hall–Kier alpha value is -4.70. The van der Waals surface area contributed by atoms with Crippen molar-refractivity contribution < 1.29 is 23.6 Å². The molecule has 1 N–H and O–H groups in total. The van der Waals surface area contributed by atoms with Gasteiger partial charge in [-0.15, -0.1) is 0 Å². The molecule has 10 heteroatoms. The fraction of sp³-hybridized carbons (Fsp3) is 0.185. The molecule has 0 aliphatic carbocycles. The molecule has 37 heavy (non-hydrogen) atoms. The monoisotopic (exact) mass is 501 g/mol. The molecule has 0 radical (unpaired) electrons. The van der Waals surface area contributed by atoms with E-state index in [-0.39, 0.29) is 11.3 Å². The molecule has 3 aromatic carbocycles. The van der Waals surface area contributed by atoms with Crippen molar-refractivity contribution in [2.24, 2.45) is 0 Å². The fourth-order valence-electron chi connectivity index (χ4n) is 4.31. The molecule has 1 aliphatic rings. The lowest BCUT2D eigenvalue weighted by Gasteiger charge is -2.28. The van der Waals surface area contributed by atoms with Crippen LogP contribution in [0.3, 0.4) is 0 Å². The highest BCUT2D eigenvalue weighted by Gasteiger charge is 2.24. The summed E-state index contributed by atoms with van der Waals surface area (Å²) >= 11 is 0. The van der Waals surface area contributed by atoms with E-state index in [9.17, 15) is 19.7 Å². The van der Waals surface area contributed by atoms with Crippen LogP contribution in [0.1, 0.15) is 10.4 Å². The van der Waals surface area contributed by atoms with Gasteiger partial charge < -0.3 is 24.1 Å². The lowest BCUT2D eigenvalue weighted by molar-refractivity contribution is -0.384. The first-order valence-electron chi connectivity index (χ1n) is 11.6. The second-order valence-electron chi connectivity index (χ2n) is 8.41. The maximum Gasteiger partial charge on any atom is 0.344 e. The van der Waals surface area contributed by atoms with Crippen molar-refractivity contribution in [3.8, 4) is 16.9 Å². The van der Waals surface area contributed by atoms with E-state index in [0.29, 0.717) is 60.1 Å². The number of carbonyl (C=O) groups excluding carboxylic acids is 1. The molecule has 0 unspecified atom stereocenters. The summed E-state index contributed by atoms with van der Waals surface area (Å²) in [6.45, 7) is 2.01. The molecule has 0 spiro atoms. The van der Waals surface area contributed by atoms with E-state index in [2.05, 4.69) is 5.32 Å². The van der Waals surface area contributed by atoms with Crippen LogP contribution in [0.2, 0.25) is 0 Å². The number of benzene rings is 3.